The Morgan fingerprint density at radius 2 is 2.50 bits per heavy atom. The average molecular weight is 194 g/mol. The van der Waals surface area contributed by atoms with Crippen molar-refractivity contribution in [2.45, 2.75) is 26.2 Å². The molecule has 0 aromatic carbocycles. The molecule has 1 aromatic heterocycles. The second-order valence-electron chi connectivity index (χ2n) is 3.06. The Morgan fingerprint density at radius 1 is 1.71 bits per heavy atom. The van der Waals surface area contributed by atoms with Crippen LogP contribution in [0.25, 0.3) is 6.08 Å². The molecule has 0 radical (unpaired) electrons. The van der Waals surface area contributed by atoms with E-state index in [0.717, 1.165) is 12.8 Å². The average Bonchev–Trinajstić information content (AvgIpc) is 2.15. The number of aromatic amines is 1. The largest absolute Gasteiger partial charge is 0.512 e. The van der Waals surface area contributed by atoms with Crippen LogP contribution in [0.4, 0.5) is 0 Å². The van der Waals surface area contributed by atoms with Gasteiger partial charge in [0.1, 0.15) is 0 Å². The summed E-state index contributed by atoms with van der Waals surface area (Å²) in [5.74, 6) is 0.268. The third-order valence-corrected chi connectivity index (χ3v) is 1.79. The topological polar surface area (TPSA) is 66.0 Å². The summed E-state index contributed by atoms with van der Waals surface area (Å²) in [7, 11) is 0. The minimum absolute atomic E-state index is 0.268. The number of hydrogen-bond donors (Lipinski definition) is 2. The van der Waals surface area contributed by atoms with E-state index in [4.69, 9.17) is 0 Å². The van der Waals surface area contributed by atoms with Crippen molar-refractivity contribution in [2.24, 2.45) is 0 Å². The fourth-order valence-corrected chi connectivity index (χ4v) is 1.07. The predicted octanol–water partition coefficient (Wildman–Crippen LogP) is 1.86. The van der Waals surface area contributed by atoms with Gasteiger partial charge in [-0.15, -0.1) is 0 Å². The molecule has 0 aliphatic rings. The summed E-state index contributed by atoms with van der Waals surface area (Å²) >= 11 is 0. The molecule has 0 atom stereocenters. The van der Waals surface area contributed by atoms with E-state index in [-0.39, 0.29) is 5.76 Å². The Morgan fingerprint density at radius 3 is 3.14 bits per heavy atom. The fraction of sp³-hybridized carbons (Fsp3) is 0.400. The van der Waals surface area contributed by atoms with Crippen molar-refractivity contribution in [1.82, 2.24) is 9.97 Å². The van der Waals surface area contributed by atoms with E-state index in [1.54, 1.807) is 6.07 Å². The molecular formula is C10H14N2O2. The number of nitrogens with zero attached hydrogens (tertiary/aromatic N) is 1. The van der Waals surface area contributed by atoms with Gasteiger partial charge in [0, 0.05) is 18.7 Å². The number of nitrogens with one attached hydrogen (secondary N) is 1. The fourth-order valence-electron chi connectivity index (χ4n) is 1.07. The van der Waals surface area contributed by atoms with Crippen molar-refractivity contribution in [3.8, 4) is 0 Å². The number of aromatic nitrogens is 2. The SMILES string of the molecule is CCCCC(O)=Cc1cc[nH]c(=O)n1. The number of unbranched alkanes of at least 4 members (excludes halogenated alkanes) is 1. The normalized spacial score (nSPS) is 11.6. The third kappa shape index (κ3) is 3.43. The Balaban J connectivity index is 2.71. The monoisotopic (exact) mass is 194 g/mol. The zero-order chi connectivity index (χ0) is 10.4. The number of hydrogen-bond acceptors (Lipinski definition) is 3. The summed E-state index contributed by atoms with van der Waals surface area (Å²) < 4.78 is 0. The van der Waals surface area contributed by atoms with Crippen molar-refractivity contribution < 1.29 is 5.11 Å². The van der Waals surface area contributed by atoms with Crippen LogP contribution in [0.15, 0.2) is 22.8 Å². The molecule has 0 fully saturated rings. The molecule has 4 heteroatoms. The maximum absolute atomic E-state index is 10.8. The lowest BCUT2D eigenvalue weighted by Gasteiger charge is -1.97. The van der Waals surface area contributed by atoms with Gasteiger partial charge in [-0.25, -0.2) is 4.79 Å². The highest BCUT2D eigenvalue weighted by Crippen LogP contribution is 2.07. The molecule has 0 bridgehead atoms. The Kier molecular flexibility index (Phi) is 3.91. The van der Waals surface area contributed by atoms with Crippen LogP contribution in [0.2, 0.25) is 0 Å². The highest BCUT2D eigenvalue weighted by Gasteiger charge is 1.95. The lowest BCUT2D eigenvalue weighted by Crippen LogP contribution is -2.09. The number of allylic oxidation sites excluding steroid dienone is 1. The number of rotatable bonds is 4. The quantitative estimate of drug-likeness (QED) is 0.719. The highest BCUT2D eigenvalue weighted by atomic mass is 16.3. The molecule has 0 amide bonds. The summed E-state index contributed by atoms with van der Waals surface area (Å²) in [6.07, 6.45) is 5.62. The third-order valence-electron chi connectivity index (χ3n) is 1.79. The van der Waals surface area contributed by atoms with Crippen LogP contribution in [0.3, 0.4) is 0 Å². The van der Waals surface area contributed by atoms with Crippen molar-refractivity contribution in [3.63, 3.8) is 0 Å². The molecule has 0 saturated carbocycles. The first-order valence-electron chi connectivity index (χ1n) is 4.67. The molecule has 0 aliphatic heterocycles. The first-order chi connectivity index (χ1) is 6.72. The van der Waals surface area contributed by atoms with Gasteiger partial charge in [-0.3, -0.25) is 0 Å². The van der Waals surface area contributed by atoms with Gasteiger partial charge in [-0.2, -0.15) is 4.98 Å². The lowest BCUT2D eigenvalue weighted by atomic mass is 10.2. The van der Waals surface area contributed by atoms with Crippen molar-refractivity contribution in [3.05, 3.63) is 34.2 Å². The van der Waals surface area contributed by atoms with Gasteiger partial charge >= 0.3 is 5.69 Å². The summed E-state index contributed by atoms with van der Waals surface area (Å²) in [6, 6.07) is 1.64. The second kappa shape index (κ2) is 5.21. The van der Waals surface area contributed by atoms with Crippen LogP contribution in [0, 0.1) is 0 Å². The van der Waals surface area contributed by atoms with Crippen LogP contribution in [0.1, 0.15) is 31.9 Å². The van der Waals surface area contributed by atoms with Crippen LogP contribution >= 0.6 is 0 Å². The van der Waals surface area contributed by atoms with Gasteiger partial charge < -0.3 is 10.1 Å². The molecule has 1 aromatic rings. The van der Waals surface area contributed by atoms with Gasteiger partial charge in [0.25, 0.3) is 0 Å². The summed E-state index contributed by atoms with van der Waals surface area (Å²) in [6.45, 7) is 2.05. The van der Waals surface area contributed by atoms with Crippen LogP contribution in [0.5, 0.6) is 0 Å². The van der Waals surface area contributed by atoms with Crippen molar-refractivity contribution >= 4 is 6.08 Å². The summed E-state index contributed by atoms with van der Waals surface area (Å²) in [4.78, 5) is 16.9. The lowest BCUT2D eigenvalue weighted by molar-refractivity contribution is 0.388. The van der Waals surface area contributed by atoms with E-state index >= 15 is 0 Å². The minimum Gasteiger partial charge on any atom is -0.512 e. The van der Waals surface area contributed by atoms with Crippen LogP contribution in [-0.2, 0) is 0 Å². The van der Waals surface area contributed by atoms with Gasteiger partial charge in [0.05, 0.1) is 11.5 Å². The molecule has 1 heterocycles. The first-order valence-corrected chi connectivity index (χ1v) is 4.67. The van der Waals surface area contributed by atoms with E-state index < -0.39 is 5.69 Å². The molecular weight excluding hydrogens is 180 g/mol. The molecule has 0 saturated heterocycles. The molecule has 2 N–H and O–H groups in total. The number of aliphatic hydroxyl groups is 1. The Labute approximate surface area is 82.3 Å². The van der Waals surface area contributed by atoms with Crippen LogP contribution in [-0.4, -0.2) is 15.1 Å². The molecule has 14 heavy (non-hydrogen) atoms. The molecule has 76 valence electrons. The molecule has 0 unspecified atom stereocenters. The zero-order valence-electron chi connectivity index (χ0n) is 8.16. The summed E-state index contributed by atoms with van der Waals surface area (Å²) in [5.41, 5.74) is 0.0874. The maximum Gasteiger partial charge on any atom is 0.345 e. The zero-order valence-corrected chi connectivity index (χ0v) is 8.16. The molecule has 1 rings (SSSR count). The van der Waals surface area contributed by atoms with Gasteiger partial charge in [-0.05, 0) is 12.5 Å². The first kappa shape index (κ1) is 10.5. The molecule has 0 aliphatic carbocycles. The van der Waals surface area contributed by atoms with E-state index in [0.29, 0.717) is 12.1 Å². The standard InChI is InChI=1S/C10H14N2O2/c1-2-3-4-9(13)7-8-5-6-11-10(14)12-8/h5-7,13H,2-4H2,1H3,(H,11,12,14). The van der Waals surface area contributed by atoms with E-state index in [1.807, 2.05) is 0 Å². The van der Waals surface area contributed by atoms with Crippen LogP contribution < -0.4 is 5.69 Å². The maximum atomic E-state index is 10.8. The smallest absolute Gasteiger partial charge is 0.345 e. The number of aliphatic hydroxyl groups excluding tert-OH is 1. The van der Waals surface area contributed by atoms with E-state index in [1.165, 1.54) is 12.3 Å². The van der Waals surface area contributed by atoms with Gasteiger partial charge in [-0.1, -0.05) is 13.3 Å². The summed E-state index contributed by atoms with van der Waals surface area (Å²) in [5, 5.41) is 9.43. The highest BCUT2D eigenvalue weighted by molar-refractivity contribution is 5.45. The molecule has 4 nitrogen and oxygen atoms in total. The number of H-pyrrole nitrogens is 1. The predicted molar refractivity (Wildman–Crippen MR) is 55.0 cm³/mol. The minimum atomic E-state index is -0.401. The van der Waals surface area contributed by atoms with Gasteiger partial charge in [0.2, 0.25) is 0 Å². The van der Waals surface area contributed by atoms with Crippen molar-refractivity contribution in [1.29, 1.82) is 0 Å². The second-order valence-corrected chi connectivity index (χ2v) is 3.06. The van der Waals surface area contributed by atoms with Crippen molar-refractivity contribution in [2.75, 3.05) is 0 Å². The Bertz CT molecular complexity index is 368. The van der Waals surface area contributed by atoms with Gasteiger partial charge in [0.15, 0.2) is 0 Å². The van der Waals surface area contributed by atoms with E-state index in [9.17, 15) is 9.90 Å². The Hall–Kier alpha value is -1.58. The van der Waals surface area contributed by atoms with E-state index in [2.05, 4.69) is 16.9 Å². The molecule has 0 spiro atoms.